The molecule has 0 saturated heterocycles. The van der Waals surface area contributed by atoms with Gasteiger partial charge in [0.2, 0.25) is 5.91 Å². The molecule has 0 spiro atoms. The summed E-state index contributed by atoms with van der Waals surface area (Å²) >= 11 is 0. The van der Waals surface area contributed by atoms with E-state index in [1.165, 1.54) is 24.3 Å². The normalized spacial score (nSPS) is 13.8. The zero-order valence-corrected chi connectivity index (χ0v) is 16.1. The minimum atomic E-state index is -0.529. The fraction of sp³-hybridized carbons (Fsp3) is 0.167. The van der Waals surface area contributed by atoms with Crippen LogP contribution in [0.15, 0.2) is 72.8 Å². The number of halogens is 2. The van der Waals surface area contributed by atoms with Gasteiger partial charge in [-0.3, -0.25) is 9.59 Å². The monoisotopic (exact) mass is 406 g/mol. The maximum atomic E-state index is 13.4. The number of nitrogens with zero attached hydrogens (tertiary/aromatic N) is 1. The van der Waals surface area contributed by atoms with Gasteiger partial charge in [-0.1, -0.05) is 42.5 Å². The van der Waals surface area contributed by atoms with Gasteiger partial charge in [0.15, 0.2) is 0 Å². The Bertz CT molecular complexity index is 1070. The maximum absolute atomic E-state index is 13.4. The van der Waals surface area contributed by atoms with Crippen LogP contribution in [0.1, 0.15) is 39.5 Å². The van der Waals surface area contributed by atoms with Crippen LogP contribution in [0.3, 0.4) is 0 Å². The number of benzene rings is 3. The molecule has 2 amide bonds. The molecule has 4 nitrogen and oxygen atoms in total. The van der Waals surface area contributed by atoms with Gasteiger partial charge in [-0.05, 0) is 47.0 Å². The van der Waals surface area contributed by atoms with E-state index >= 15 is 0 Å². The summed E-state index contributed by atoms with van der Waals surface area (Å²) in [6.45, 7) is 0.645. The molecule has 1 heterocycles. The van der Waals surface area contributed by atoms with Crippen LogP contribution in [0.2, 0.25) is 0 Å². The summed E-state index contributed by atoms with van der Waals surface area (Å²) in [5.41, 5.74) is 2.99. The van der Waals surface area contributed by atoms with Gasteiger partial charge < -0.3 is 10.2 Å². The summed E-state index contributed by atoms with van der Waals surface area (Å²) in [6.07, 6.45) is 0.0343. The zero-order valence-electron chi connectivity index (χ0n) is 16.1. The molecular weight excluding hydrogens is 386 g/mol. The topological polar surface area (TPSA) is 49.4 Å². The van der Waals surface area contributed by atoms with E-state index in [4.69, 9.17) is 0 Å². The molecule has 0 aliphatic carbocycles. The molecule has 0 bridgehead atoms. The van der Waals surface area contributed by atoms with Gasteiger partial charge >= 0.3 is 0 Å². The Labute approximate surface area is 173 Å². The van der Waals surface area contributed by atoms with E-state index in [0.717, 1.165) is 11.1 Å². The van der Waals surface area contributed by atoms with Gasteiger partial charge in [-0.15, -0.1) is 0 Å². The molecule has 0 saturated carbocycles. The van der Waals surface area contributed by atoms with Crippen LogP contribution in [0.4, 0.5) is 8.78 Å². The van der Waals surface area contributed by atoms with Crippen molar-refractivity contribution in [2.24, 2.45) is 0 Å². The van der Waals surface area contributed by atoms with E-state index in [9.17, 15) is 18.4 Å². The second kappa shape index (κ2) is 8.45. The first-order valence-corrected chi connectivity index (χ1v) is 9.67. The molecule has 3 aromatic carbocycles. The zero-order chi connectivity index (χ0) is 21.1. The molecule has 6 heteroatoms. The fourth-order valence-corrected chi connectivity index (χ4v) is 3.67. The maximum Gasteiger partial charge on any atom is 0.255 e. The number of hydrogen-bond donors (Lipinski definition) is 1. The number of hydrogen-bond acceptors (Lipinski definition) is 2. The predicted octanol–water partition coefficient (Wildman–Crippen LogP) is 4.37. The minimum Gasteiger partial charge on any atom is -0.352 e. The molecule has 0 unspecified atom stereocenters. The number of amides is 2. The lowest BCUT2D eigenvalue weighted by atomic mass is 10.0. The number of carbonyl (C=O) groups excluding carboxylic acids is 2. The molecule has 1 aliphatic rings. The molecule has 30 heavy (non-hydrogen) atoms. The van der Waals surface area contributed by atoms with E-state index in [0.29, 0.717) is 17.7 Å². The van der Waals surface area contributed by atoms with Crippen molar-refractivity contribution in [2.75, 3.05) is 0 Å². The second-order valence-corrected chi connectivity index (χ2v) is 7.26. The first kappa shape index (κ1) is 19.8. The van der Waals surface area contributed by atoms with E-state index in [2.05, 4.69) is 5.32 Å². The minimum absolute atomic E-state index is 0.0343. The lowest BCUT2D eigenvalue weighted by molar-refractivity contribution is -0.122. The summed E-state index contributed by atoms with van der Waals surface area (Å²) in [5.74, 6) is -1.12. The Morgan fingerprint density at radius 1 is 0.933 bits per heavy atom. The van der Waals surface area contributed by atoms with Crippen LogP contribution in [-0.2, 0) is 17.9 Å². The number of fused-ring (bicyclic) bond motifs is 1. The third-order valence-electron chi connectivity index (χ3n) is 5.26. The molecule has 0 aromatic heterocycles. The predicted molar refractivity (Wildman–Crippen MR) is 108 cm³/mol. The first-order chi connectivity index (χ1) is 14.5. The fourth-order valence-electron chi connectivity index (χ4n) is 3.67. The Morgan fingerprint density at radius 2 is 1.57 bits per heavy atom. The van der Waals surface area contributed by atoms with Crippen LogP contribution >= 0.6 is 0 Å². The van der Waals surface area contributed by atoms with Gasteiger partial charge in [0.05, 0.1) is 12.5 Å². The standard InChI is InChI=1S/C24H20F2N2O2/c25-19-9-5-16(6-10-19)14-27-23(29)13-22(17-7-11-20(26)12-8-17)28-15-18-3-1-2-4-21(18)24(28)30/h1-12,22H,13-15H2,(H,27,29)/t22-/m0/s1. The summed E-state index contributed by atoms with van der Waals surface area (Å²) in [6, 6.07) is 18.6. The second-order valence-electron chi connectivity index (χ2n) is 7.26. The third-order valence-corrected chi connectivity index (χ3v) is 5.26. The highest BCUT2D eigenvalue weighted by molar-refractivity contribution is 5.98. The smallest absolute Gasteiger partial charge is 0.255 e. The van der Waals surface area contributed by atoms with Gasteiger partial charge in [0, 0.05) is 18.7 Å². The molecule has 1 aliphatic heterocycles. The molecule has 0 radical (unpaired) electrons. The highest BCUT2D eigenvalue weighted by Crippen LogP contribution is 2.33. The Balaban J connectivity index is 1.52. The average Bonchev–Trinajstić information content (AvgIpc) is 3.09. The van der Waals surface area contributed by atoms with Crippen molar-refractivity contribution in [3.63, 3.8) is 0 Å². The quantitative estimate of drug-likeness (QED) is 0.661. The van der Waals surface area contributed by atoms with Crippen LogP contribution in [-0.4, -0.2) is 16.7 Å². The van der Waals surface area contributed by atoms with Crippen LogP contribution in [0.5, 0.6) is 0 Å². The molecule has 152 valence electrons. The third kappa shape index (κ3) is 4.22. The SMILES string of the molecule is O=C(C[C@@H](c1ccc(F)cc1)N1Cc2ccccc2C1=O)NCc1ccc(F)cc1. The highest BCUT2D eigenvalue weighted by atomic mass is 19.1. The molecule has 1 N–H and O–H groups in total. The van der Waals surface area contributed by atoms with Crippen molar-refractivity contribution < 1.29 is 18.4 Å². The molecule has 4 rings (SSSR count). The average molecular weight is 406 g/mol. The largest absolute Gasteiger partial charge is 0.352 e. The van der Waals surface area contributed by atoms with Crippen LogP contribution < -0.4 is 5.32 Å². The molecule has 0 fully saturated rings. The highest BCUT2D eigenvalue weighted by Gasteiger charge is 2.34. The van der Waals surface area contributed by atoms with Crippen molar-refractivity contribution in [1.82, 2.24) is 10.2 Å². The van der Waals surface area contributed by atoms with E-state index in [1.54, 1.807) is 35.2 Å². The van der Waals surface area contributed by atoms with Crippen molar-refractivity contribution in [3.05, 3.63) is 107 Å². The first-order valence-electron chi connectivity index (χ1n) is 9.67. The van der Waals surface area contributed by atoms with E-state index in [1.807, 2.05) is 18.2 Å². The van der Waals surface area contributed by atoms with Crippen LogP contribution in [0.25, 0.3) is 0 Å². The van der Waals surface area contributed by atoms with E-state index < -0.39 is 6.04 Å². The Kier molecular flexibility index (Phi) is 5.57. The lowest BCUT2D eigenvalue weighted by Crippen LogP contribution is -2.34. The van der Waals surface area contributed by atoms with E-state index in [-0.39, 0.29) is 36.4 Å². The summed E-state index contributed by atoms with van der Waals surface area (Å²) in [5, 5.41) is 2.82. The number of nitrogens with one attached hydrogen (secondary N) is 1. The van der Waals surface area contributed by atoms with Gasteiger partial charge in [0.25, 0.3) is 5.91 Å². The Morgan fingerprint density at radius 3 is 2.23 bits per heavy atom. The molecule has 3 aromatic rings. The van der Waals surface area contributed by atoms with Crippen molar-refractivity contribution in [2.45, 2.75) is 25.6 Å². The van der Waals surface area contributed by atoms with Gasteiger partial charge in [0.1, 0.15) is 11.6 Å². The van der Waals surface area contributed by atoms with Crippen molar-refractivity contribution in [1.29, 1.82) is 0 Å². The van der Waals surface area contributed by atoms with Crippen molar-refractivity contribution >= 4 is 11.8 Å². The number of carbonyl (C=O) groups is 2. The summed E-state index contributed by atoms with van der Waals surface area (Å²) in [7, 11) is 0. The summed E-state index contributed by atoms with van der Waals surface area (Å²) < 4.78 is 26.5. The number of rotatable bonds is 6. The summed E-state index contributed by atoms with van der Waals surface area (Å²) in [4.78, 5) is 27.3. The Hall–Kier alpha value is -3.54. The molecule has 1 atom stereocenters. The van der Waals surface area contributed by atoms with Crippen molar-refractivity contribution in [3.8, 4) is 0 Å². The van der Waals surface area contributed by atoms with Crippen LogP contribution in [0, 0.1) is 11.6 Å². The molecular formula is C24H20F2N2O2. The van der Waals surface area contributed by atoms with Gasteiger partial charge in [-0.2, -0.15) is 0 Å². The van der Waals surface area contributed by atoms with Gasteiger partial charge in [-0.25, -0.2) is 8.78 Å². The lowest BCUT2D eigenvalue weighted by Gasteiger charge is -2.28.